The lowest BCUT2D eigenvalue weighted by Crippen LogP contribution is -2.33. The number of nitrogens with zero attached hydrogens (tertiary/aromatic N) is 2. The number of rotatable bonds is 9. The van der Waals surface area contributed by atoms with Crippen LogP contribution in [0.5, 0.6) is 5.75 Å². The maximum absolute atomic E-state index is 12.3. The minimum Gasteiger partial charge on any atom is -0.493 e. The van der Waals surface area contributed by atoms with Crippen LogP contribution in [-0.4, -0.2) is 35.7 Å². The van der Waals surface area contributed by atoms with Crippen LogP contribution in [0.4, 0.5) is 5.82 Å². The number of carbonyl (C=O) groups excluding carboxylic acids is 1. The molecule has 0 amide bonds. The van der Waals surface area contributed by atoms with Gasteiger partial charge in [-0.2, -0.15) is 0 Å². The molecule has 1 heterocycles. The van der Waals surface area contributed by atoms with Gasteiger partial charge in [0, 0.05) is 19.5 Å². The highest BCUT2D eigenvalue weighted by Crippen LogP contribution is 2.30. The van der Waals surface area contributed by atoms with Crippen LogP contribution in [0.15, 0.2) is 67.0 Å². The van der Waals surface area contributed by atoms with Crippen molar-refractivity contribution in [2.75, 3.05) is 19.0 Å². The summed E-state index contributed by atoms with van der Waals surface area (Å²) in [6.45, 7) is 9.04. The molecule has 6 heteroatoms. The molecule has 0 spiro atoms. The molecule has 1 aromatic heterocycles. The van der Waals surface area contributed by atoms with Crippen molar-refractivity contribution in [1.82, 2.24) is 9.97 Å². The molecule has 1 atom stereocenters. The minimum atomic E-state index is -0.543. The molecule has 0 bridgehead atoms. The normalized spacial score (nSPS) is 12.7. The second kappa shape index (κ2) is 15.5. The summed E-state index contributed by atoms with van der Waals surface area (Å²) in [4.78, 5) is 20.9. The predicted molar refractivity (Wildman–Crippen MR) is 145 cm³/mol. The third-order valence-electron chi connectivity index (χ3n) is 5.09. The van der Waals surface area contributed by atoms with E-state index in [1.165, 1.54) is 32.7 Å². The first-order valence-electron chi connectivity index (χ1n) is 12.6. The summed E-state index contributed by atoms with van der Waals surface area (Å²) in [7, 11) is 1.39. The average Bonchev–Trinajstić information content (AvgIpc) is 3.74. The topological polar surface area (TPSA) is 73.3 Å². The van der Waals surface area contributed by atoms with Crippen molar-refractivity contribution in [3.8, 4) is 17.0 Å². The van der Waals surface area contributed by atoms with Crippen LogP contribution in [0.2, 0.25) is 0 Å². The van der Waals surface area contributed by atoms with Crippen molar-refractivity contribution in [2.45, 2.75) is 59.4 Å². The Labute approximate surface area is 211 Å². The van der Waals surface area contributed by atoms with Crippen LogP contribution in [0.3, 0.4) is 0 Å². The second-order valence-corrected chi connectivity index (χ2v) is 8.18. The quantitative estimate of drug-likeness (QED) is 0.340. The van der Waals surface area contributed by atoms with Gasteiger partial charge in [0.25, 0.3) is 0 Å². The molecule has 2 aromatic carbocycles. The molecule has 6 nitrogen and oxygen atoms in total. The lowest BCUT2D eigenvalue weighted by Gasteiger charge is -2.17. The lowest BCUT2D eigenvalue weighted by atomic mass is 10.1. The van der Waals surface area contributed by atoms with Crippen molar-refractivity contribution in [1.29, 1.82) is 0 Å². The van der Waals surface area contributed by atoms with E-state index in [1.54, 1.807) is 0 Å². The minimum absolute atomic E-state index is 0. The first-order valence-corrected chi connectivity index (χ1v) is 12.6. The third-order valence-corrected chi connectivity index (χ3v) is 5.09. The molecule has 1 aliphatic rings. The summed E-state index contributed by atoms with van der Waals surface area (Å²) < 4.78 is 10.8. The number of nitrogens with one attached hydrogen (secondary N) is 1. The maximum atomic E-state index is 12.3. The van der Waals surface area contributed by atoms with Crippen molar-refractivity contribution in [2.24, 2.45) is 5.92 Å². The summed E-state index contributed by atoms with van der Waals surface area (Å²) in [5, 5.41) is 3.19. The Kier molecular flexibility index (Phi) is 12.3. The van der Waals surface area contributed by atoms with Crippen LogP contribution in [0.1, 0.15) is 53.9 Å². The van der Waals surface area contributed by atoms with Gasteiger partial charge in [0.15, 0.2) is 0 Å². The number of ether oxygens (including phenoxy) is 2. The fourth-order valence-corrected chi connectivity index (χ4v) is 3.18. The standard InChI is InChI=1S/C24H25N3O3.C3H8.C2H6.H2/c1-29-24(28)22(13-17-5-3-2-4-6-17)27-23-14-21(25-16-26-23)19-9-11-20(12-10-19)30-15-18-7-8-18;1-3-2;1-2;/h2-6,9-12,14,16,18,22H,7-8,13,15H2,1H3,(H,25,26,27);3H2,1-2H3;1-2H3;1H/t22-;;;/m1.../s1. The van der Waals surface area contributed by atoms with Crippen LogP contribution < -0.4 is 10.1 Å². The van der Waals surface area contributed by atoms with Gasteiger partial charge in [0.1, 0.15) is 23.9 Å². The number of anilines is 1. The molecular weight excluding hydrogens is 438 g/mol. The summed E-state index contributed by atoms with van der Waals surface area (Å²) in [6.07, 6.45) is 5.78. The van der Waals surface area contributed by atoms with Crippen LogP contribution in [0.25, 0.3) is 11.3 Å². The molecule has 0 unspecified atom stereocenters. The summed E-state index contributed by atoms with van der Waals surface area (Å²) in [6, 6.07) is 19.0. The first-order chi connectivity index (χ1) is 17.1. The summed E-state index contributed by atoms with van der Waals surface area (Å²) >= 11 is 0. The molecule has 190 valence electrons. The van der Waals surface area contributed by atoms with Crippen molar-refractivity contribution < 1.29 is 15.7 Å². The van der Waals surface area contributed by atoms with Gasteiger partial charge >= 0.3 is 5.97 Å². The van der Waals surface area contributed by atoms with E-state index in [0.29, 0.717) is 12.2 Å². The highest BCUT2D eigenvalue weighted by Gasteiger charge is 2.22. The first kappa shape index (κ1) is 27.8. The molecule has 4 rings (SSSR count). The summed E-state index contributed by atoms with van der Waals surface area (Å²) in [5.74, 6) is 1.82. The molecule has 1 fully saturated rings. The monoisotopic (exact) mass is 479 g/mol. The van der Waals surface area contributed by atoms with Gasteiger partial charge in [-0.3, -0.25) is 0 Å². The molecule has 1 N–H and O–H groups in total. The van der Waals surface area contributed by atoms with E-state index in [0.717, 1.165) is 35.1 Å². The highest BCUT2D eigenvalue weighted by atomic mass is 16.5. The van der Waals surface area contributed by atoms with Gasteiger partial charge < -0.3 is 14.8 Å². The number of methoxy groups -OCH3 is 1. The number of hydrogen-bond donors (Lipinski definition) is 1. The Hall–Kier alpha value is -3.41. The molecule has 35 heavy (non-hydrogen) atoms. The Morgan fingerprint density at radius 1 is 1.06 bits per heavy atom. The summed E-state index contributed by atoms with van der Waals surface area (Å²) in [5.41, 5.74) is 2.76. The molecular formula is C29H41N3O3. The SMILES string of the molecule is CC.CCC.COC(=O)[C@@H](Cc1ccccc1)Nc1cc(-c2ccc(OCC3CC3)cc2)ncn1.[HH]. The van der Waals surface area contributed by atoms with Crippen LogP contribution >= 0.6 is 0 Å². The zero-order valence-electron chi connectivity index (χ0n) is 21.7. The Morgan fingerprint density at radius 2 is 1.71 bits per heavy atom. The Morgan fingerprint density at radius 3 is 2.31 bits per heavy atom. The fourth-order valence-electron chi connectivity index (χ4n) is 3.18. The maximum Gasteiger partial charge on any atom is 0.328 e. The van der Waals surface area contributed by atoms with E-state index < -0.39 is 6.04 Å². The molecule has 0 saturated heterocycles. The largest absolute Gasteiger partial charge is 0.493 e. The van der Waals surface area contributed by atoms with Crippen molar-refractivity contribution in [3.05, 3.63) is 72.6 Å². The number of hydrogen-bond acceptors (Lipinski definition) is 6. The van der Waals surface area contributed by atoms with Gasteiger partial charge in [-0.15, -0.1) is 0 Å². The molecule has 1 saturated carbocycles. The molecule has 0 radical (unpaired) electrons. The van der Waals surface area contributed by atoms with E-state index in [4.69, 9.17) is 9.47 Å². The van der Waals surface area contributed by atoms with E-state index >= 15 is 0 Å². The zero-order chi connectivity index (χ0) is 25.5. The smallest absolute Gasteiger partial charge is 0.328 e. The Balaban J connectivity index is 0.00000101. The number of benzene rings is 2. The molecule has 3 aromatic rings. The third kappa shape index (κ3) is 9.77. The van der Waals surface area contributed by atoms with Crippen LogP contribution in [0, 0.1) is 5.92 Å². The van der Waals surface area contributed by atoms with E-state index in [9.17, 15) is 4.79 Å². The van der Waals surface area contributed by atoms with Crippen LogP contribution in [-0.2, 0) is 16.0 Å². The van der Waals surface area contributed by atoms with Gasteiger partial charge in [-0.25, -0.2) is 14.8 Å². The highest BCUT2D eigenvalue weighted by molar-refractivity contribution is 5.79. The Bertz CT molecular complexity index is 996. The van der Waals surface area contributed by atoms with E-state index in [1.807, 2.05) is 74.5 Å². The average molecular weight is 480 g/mol. The number of aromatic nitrogens is 2. The van der Waals surface area contributed by atoms with Gasteiger partial charge in [-0.05, 0) is 48.6 Å². The number of carbonyl (C=O) groups is 1. The van der Waals surface area contributed by atoms with Gasteiger partial charge in [0.2, 0.25) is 0 Å². The number of esters is 1. The van der Waals surface area contributed by atoms with Crippen molar-refractivity contribution >= 4 is 11.8 Å². The van der Waals surface area contributed by atoms with Gasteiger partial charge in [0.05, 0.1) is 19.4 Å². The molecule has 0 aliphatic heterocycles. The molecule has 1 aliphatic carbocycles. The fraction of sp³-hybridized carbons (Fsp3) is 0.414. The zero-order valence-corrected chi connectivity index (χ0v) is 21.7. The lowest BCUT2D eigenvalue weighted by molar-refractivity contribution is -0.141. The predicted octanol–water partition coefficient (Wildman–Crippen LogP) is 6.82. The van der Waals surface area contributed by atoms with Crippen molar-refractivity contribution in [3.63, 3.8) is 0 Å². The van der Waals surface area contributed by atoms with E-state index in [2.05, 4.69) is 29.1 Å². The van der Waals surface area contributed by atoms with E-state index in [-0.39, 0.29) is 7.40 Å². The van der Waals surface area contributed by atoms with Gasteiger partial charge in [-0.1, -0.05) is 64.4 Å². The second-order valence-electron chi connectivity index (χ2n) is 8.18.